The SMILES string of the molecule is O=C(O)C1CC2c3ccccc3C1c1c(-c3ccc4c(c3)C3(C(=O)O)c5ccccc5C4c4ccccc43)cccc12. The normalized spacial score (nSPS) is 25.0. The first kappa shape index (κ1) is 23.7. The number of carboxylic acid groups (broad SMARTS) is 2. The molecule has 11 rings (SSSR count). The average Bonchev–Trinajstić information content (AvgIpc) is 3.03. The van der Waals surface area contributed by atoms with E-state index < -0.39 is 23.3 Å². The molecule has 6 aliphatic carbocycles. The lowest BCUT2D eigenvalue weighted by atomic mass is 9.52. The summed E-state index contributed by atoms with van der Waals surface area (Å²) in [6, 6.07) is 36.8. The zero-order valence-electron chi connectivity index (χ0n) is 22.6. The fraction of sp³-hybridized carbons (Fsp3) is 0.158. The number of aliphatic carboxylic acids is 2. The van der Waals surface area contributed by atoms with Crippen molar-refractivity contribution in [3.63, 3.8) is 0 Å². The Bertz CT molecular complexity index is 1970. The minimum atomic E-state index is -1.32. The number of carboxylic acids is 2. The van der Waals surface area contributed by atoms with Crippen molar-refractivity contribution in [2.75, 3.05) is 0 Å². The molecular formula is C38H26O4. The second kappa shape index (κ2) is 8.07. The zero-order valence-corrected chi connectivity index (χ0v) is 22.6. The van der Waals surface area contributed by atoms with Crippen LogP contribution in [0, 0.1) is 5.92 Å². The molecule has 2 N–H and O–H groups in total. The predicted octanol–water partition coefficient (Wildman–Crippen LogP) is 7.26. The van der Waals surface area contributed by atoms with Crippen LogP contribution in [0.5, 0.6) is 0 Å². The van der Waals surface area contributed by atoms with Crippen LogP contribution in [0.25, 0.3) is 11.1 Å². The van der Waals surface area contributed by atoms with Crippen molar-refractivity contribution in [3.8, 4) is 11.1 Å². The van der Waals surface area contributed by atoms with Crippen LogP contribution >= 0.6 is 0 Å². The van der Waals surface area contributed by atoms with Gasteiger partial charge in [-0.15, -0.1) is 0 Å². The van der Waals surface area contributed by atoms with Crippen molar-refractivity contribution in [1.29, 1.82) is 0 Å². The molecule has 4 heteroatoms. The van der Waals surface area contributed by atoms with Crippen LogP contribution in [0.3, 0.4) is 0 Å². The van der Waals surface area contributed by atoms with Crippen LogP contribution in [0.2, 0.25) is 0 Å². The number of hydrogen-bond acceptors (Lipinski definition) is 2. The molecule has 3 unspecified atom stereocenters. The molecule has 4 bridgehead atoms. The maximum atomic E-state index is 13.6. The van der Waals surface area contributed by atoms with E-state index in [0.717, 1.165) is 55.6 Å². The van der Waals surface area contributed by atoms with E-state index in [1.807, 2.05) is 48.5 Å². The van der Waals surface area contributed by atoms with E-state index in [-0.39, 0.29) is 17.8 Å². The summed E-state index contributed by atoms with van der Waals surface area (Å²) in [6.07, 6.45) is 0.592. The summed E-state index contributed by atoms with van der Waals surface area (Å²) in [4.78, 5) is 26.2. The van der Waals surface area contributed by atoms with Gasteiger partial charge in [0.25, 0.3) is 0 Å². The quantitative estimate of drug-likeness (QED) is 0.250. The molecule has 4 nitrogen and oxygen atoms in total. The molecule has 0 aromatic heterocycles. The summed E-state index contributed by atoms with van der Waals surface area (Å²) < 4.78 is 0. The predicted molar refractivity (Wildman–Crippen MR) is 159 cm³/mol. The smallest absolute Gasteiger partial charge is 0.323 e. The largest absolute Gasteiger partial charge is 0.481 e. The summed E-state index contributed by atoms with van der Waals surface area (Å²) in [5.74, 6) is -2.41. The topological polar surface area (TPSA) is 74.6 Å². The van der Waals surface area contributed by atoms with Crippen LogP contribution in [0.1, 0.15) is 79.8 Å². The van der Waals surface area contributed by atoms with Gasteiger partial charge in [-0.1, -0.05) is 103 Å². The van der Waals surface area contributed by atoms with Crippen molar-refractivity contribution in [2.24, 2.45) is 5.92 Å². The van der Waals surface area contributed by atoms with E-state index in [1.165, 1.54) is 11.1 Å². The van der Waals surface area contributed by atoms with Crippen LogP contribution in [-0.4, -0.2) is 22.2 Å². The van der Waals surface area contributed by atoms with Gasteiger partial charge < -0.3 is 10.2 Å². The molecular weight excluding hydrogens is 520 g/mol. The first-order chi connectivity index (χ1) is 20.5. The van der Waals surface area contributed by atoms with Gasteiger partial charge in [0.1, 0.15) is 5.41 Å². The van der Waals surface area contributed by atoms with Crippen molar-refractivity contribution in [3.05, 3.63) is 165 Å². The Labute approximate surface area is 242 Å². The molecule has 0 aliphatic heterocycles. The summed E-state index contributed by atoms with van der Waals surface area (Å²) in [7, 11) is 0. The Morgan fingerprint density at radius 3 is 1.88 bits per heavy atom. The second-order valence-electron chi connectivity index (χ2n) is 12.1. The lowest BCUT2D eigenvalue weighted by Gasteiger charge is -2.48. The summed E-state index contributed by atoms with van der Waals surface area (Å²) in [5, 5.41) is 21.5. The molecule has 5 aromatic carbocycles. The Morgan fingerprint density at radius 1 is 0.619 bits per heavy atom. The molecule has 42 heavy (non-hydrogen) atoms. The zero-order chi connectivity index (χ0) is 28.3. The fourth-order valence-corrected chi connectivity index (χ4v) is 8.99. The van der Waals surface area contributed by atoms with Gasteiger partial charge in [-0.25, -0.2) is 0 Å². The standard InChI is InChI=1S/C38H26O4/c39-36(40)29-19-28-22-8-1-2-9-23(22)35(29)34-21(12-7-13-24(28)34)20-16-17-27-32(18-20)38(37(41)42)30-14-5-3-10-25(30)33(27)26-11-4-6-15-31(26)38/h1-18,28-29,33,35H,19H2,(H,39,40)(H,41,42). The number of rotatable bonds is 3. The average molecular weight is 547 g/mol. The Balaban J connectivity index is 1.31. The molecule has 0 heterocycles. The van der Waals surface area contributed by atoms with E-state index in [0.29, 0.717) is 6.42 Å². The highest BCUT2D eigenvalue weighted by Crippen LogP contribution is 2.61. The van der Waals surface area contributed by atoms with Crippen molar-refractivity contribution in [2.45, 2.75) is 29.6 Å². The minimum absolute atomic E-state index is 0.0278. The third kappa shape index (κ3) is 2.68. The highest BCUT2D eigenvalue weighted by atomic mass is 16.4. The van der Waals surface area contributed by atoms with Crippen LogP contribution in [0.4, 0.5) is 0 Å². The first-order valence-corrected chi connectivity index (χ1v) is 14.5. The highest BCUT2D eigenvalue weighted by molar-refractivity contribution is 5.97. The van der Waals surface area contributed by atoms with Gasteiger partial charge in [-0.3, -0.25) is 9.59 Å². The summed E-state index contributed by atoms with van der Waals surface area (Å²) in [6.45, 7) is 0. The molecule has 0 radical (unpaired) electrons. The molecule has 0 fully saturated rings. The summed E-state index contributed by atoms with van der Waals surface area (Å²) >= 11 is 0. The van der Waals surface area contributed by atoms with Crippen LogP contribution in [-0.2, 0) is 15.0 Å². The van der Waals surface area contributed by atoms with E-state index in [9.17, 15) is 19.8 Å². The summed E-state index contributed by atoms with van der Waals surface area (Å²) in [5.41, 5.74) is 10.8. The third-order valence-corrected chi connectivity index (χ3v) is 10.5. The van der Waals surface area contributed by atoms with Gasteiger partial charge in [-0.05, 0) is 79.2 Å². The van der Waals surface area contributed by atoms with E-state index >= 15 is 0 Å². The highest BCUT2D eigenvalue weighted by Gasteiger charge is 2.56. The molecule has 0 amide bonds. The van der Waals surface area contributed by atoms with Crippen LogP contribution < -0.4 is 0 Å². The Morgan fingerprint density at radius 2 is 1.21 bits per heavy atom. The molecule has 6 aliphatic rings. The number of hydrogen-bond donors (Lipinski definition) is 2. The molecule has 0 saturated heterocycles. The maximum Gasteiger partial charge on any atom is 0.323 e. The molecule has 0 spiro atoms. The van der Waals surface area contributed by atoms with E-state index in [2.05, 4.69) is 60.7 Å². The van der Waals surface area contributed by atoms with E-state index in [4.69, 9.17) is 0 Å². The number of benzene rings is 5. The Kier molecular flexibility index (Phi) is 4.56. The van der Waals surface area contributed by atoms with Gasteiger partial charge in [0.05, 0.1) is 5.92 Å². The van der Waals surface area contributed by atoms with Gasteiger partial charge in [0.2, 0.25) is 0 Å². The fourth-order valence-electron chi connectivity index (χ4n) is 8.99. The molecule has 202 valence electrons. The lowest BCUT2D eigenvalue weighted by Crippen LogP contribution is -2.47. The monoisotopic (exact) mass is 546 g/mol. The maximum absolute atomic E-state index is 13.6. The Hall–Kier alpha value is -4.96. The van der Waals surface area contributed by atoms with Gasteiger partial charge >= 0.3 is 11.9 Å². The van der Waals surface area contributed by atoms with Crippen molar-refractivity contribution < 1.29 is 19.8 Å². The van der Waals surface area contributed by atoms with E-state index in [1.54, 1.807) is 0 Å². The lowest BCUT2D eigenvalue weighted by molar-refractivity contribution is -0.143. The number of carbonyl (C=O) groups is 2. The molecule has 3 atom stereocenters. The molecule has 0 saturated carbocycles. The van der Waals surface area contributed by atoms with Gasteiger partial charge in [-0.2, -0.15) is 0 Å². The van der Waals surface area contributed by atoms with Gasteiger partial charge in [0, 0.05) is 17.8 Å². The van der Waals surface area contributed by atoms with Crippen LogP contribution in [0.15, 0.2) is 109 Å². The van der Waals surface area contributed by atoms with Crippen molar-refractivity contribution >= 4 is 11.9 Å². The van der Waals surface area contributed by atoms with Gasteiger partial charge in [0.15, 0.2) is 0 Å². The number of fused-ring (bicyclic) bond motifs is 1. The van der Waals surface area contributed by atoms with Crippen molar-refractivity contribution in [1.82, 2.24) is 0 Å². The molecule has 5 aromatic rings. The third-order valence-electron chi connectivity index (χ3n) is 10.5. The second-order valence-corrected chi connectivity index (χ2v) is 12.1. The first-order valence-electron chi connectivity index (χ1n) is 14.5. The minimum Gasteiger partial charge on any atom is -0.481 e.